The summed E-state index contributed by atoms with van der Waals surface area (Å²) in [5, 5.41) is 3.77. The van der Waals surface area contributed by atoms with E-state index in [0.717, 1.165) is 0 Å². The number of halogens is 3. The van der Waals surface area contributed by atoms with E-state index in [1.165, 1.54) is 0 Å². The van der Waals surface area contributed by atoms with Gasteiger partial charge in [0.1, 0.15) is 6.61 Å². The van der Waals surface area contributed by atoms with Crippen LogP contribution in [0.5, 0.6) is 5.88 Å². The number of fused-ring (bicyclic) bond motifs is 1. The van der Waals surface area contributed by atoms with Crippen molar-refractivity contribution in [3.8, 4) is 5.88 Å². The summed E-state index contributed by atoms with van der Waals surface area (Å²) in [6.07, 6.45) is 0.553. The van der Waals surface area contributed by atoms with Gasteiger partial charge in [-0.15, -0.1) is 0 Å². The molecule has 1 amide bonds. The number of benzene rings is 1. The average molecular weight is 413 g/mol. The van der Waals surface area contributed by atoms with Crippen LogP contribution in [0, 0.1) is 5.92 Å². The SMILES string of the molecule is COCCOc1ccc2c(C(=O)NCC3CCC(F)(F)CC3)c(Cl)ccc2n1. The Morgan fingerprint density at radius 1 is 1.25 bits per heavy atom. The first-order chi connectivity index (χ1) is 13.4. The molecule has 28 heavy (non-hydrogen) atoms. The fourth-order valence-electron chi connectivity index (χ4n) is 3.33. The minimum atomic E-state index is -2.58. The van der Waals surface area contributed by atoms with Crippen LogP contribution < -0.4 is 10.1 Å². The number of carbonyl (C=O) groups excluding carboxylic acids is 1. The Balaban J connectivity index is 1.70. The molecule has 0 unspecified atom stereocenters. The summed E-state index contributed by atoms with van der Waals surface area (Å²) in [6, 6.07) is 6.76. The zero-order valence-electron chi connectivity index (χ0n) is 15.6. The lowest BCUT2D eigenvalue weighted by Gasteiger charge is -2.28. The van der Waals surface area contributed by atoms with Gasteiger partial charge >= 0.3 is 0 Å². The number of nitrogens with zero attached hydrogens (tertiary/aromatic N) is 1. The van der Waals surface area contributed by atoms with Crippen molar-refractivity contribution >= 4 is 28.4 Å². The molecule has 8 heteroatoms. The predicted molar refractivity (Wildman–Crippen MR) is 103 cm³/mol. The predicted octanol–water partition coefficient (Wildman–Crippen LogP) is 4.47. The molecular weight excluding hydrogens is 390 g/mol. The second kappa shape index (κ2) is 9.01. The minimum Gasteiger partial charge on any atom is -0.475 e. The van der Waals surface area contributed by atoms with Gasteiger partial charge in [0.2, 0.25) is 11.8 Å². The fourth-order valence-corrected chi connectivity index (χ4v) is 3.58. The maximum Gasteiger partial charge on any atom is 0.253 e. The fraction of sp³-hybridized carbons (Fsp3) is 0.500. The quantitative estimate of drug-likeness (QED) is 0.682. The molecule has 1 aliphatic carbocycles. The number of pyridine rings is 1. The molecule has 1 fully saturated rings. The molecule has 0 radical (unpaired) electrons. The second-order valence-electron chi connectivity index (χ2n) is 6.99. The maximum absolute atomic E-state index is 13.3. The lowest BCUT2D eigenvalue weighted by Crippen LogP contribution is -2.34. The molecule has 1 N–H and O–H groups in total. The van der Waals surface area contributed by atoms with Crippen molar-refractivity contribution in [1.82, 2.24) is 10.3 Å². The highest BCUT2D eigenvalue weighted by molar-refractivity contribution is 6.35. The summed E-state index contributed by atoms with van der Waals surface area (Å²) in [5.74, 6) is -2.42. The summed E-state index contributed by atoms with van der Waals surface area (Å²) in [6.45, 7) is 1.17. The molecule has 1 aliphatic rings. The topological polar surface area (TPSA) is 60.5 Å². The molecule has 0 bridgehead atoms. The smallest absolute Gasteiger partial charge is 0.253 e. The average Bonchev–Trinajstić information content (AvgIpc) is 2.67. The molecule has 1 heterocycles. The number of alkyl halides is 2. The van der Waals surface area contributed by atoms with Gasteiger partial charge in [0.15, 0.2) is 0 Å². The van der Waals surface area contributed by atoms with Crippen molar-refractivity contribution in [3.63, 3.8) is 0 Å². The second-order valence-corrected chi connectivity index (χ2v) is 7.40. The molecular formula is C20H23ClF2N2O3. The van der Waals surface area contributed by atoms with E-state index < -0.39 is 5.92 Å². The van der Waals surface area contributed by atoms with Gasteiger partial charge in [0.05, 0.1) is 22.7 Å². The number of amides is 1. The van der Waals surface area contributed by atoms with Crippen molar-refractivity contribution in [2.45, 2.75) is 31.6 Å². The largest absolute Gasteiger partial charge is 0.475 e. The van der Waals surface area contributed by atoms with E-state index in [1.807, 2.05) is 0 Å². The molecule has 152 valence electrons. The van der Waals surface area contributed by atoms with Gasteiger partial charge in [0, 0.05) is 37.9 Å². The van der Waals surface area contributed by atoms with Crippen LogP contribution in [0.1, 0.15) is 36.0 Å². The Morgan fingerprint density at radius 2 is 2.00 bits per heavy atom. The van der Waals surface area contributed by atoms with Gasteiger partial charge in [0.25, 0.3) is 5.91 Å². The highest BCUT2D eigenvalue weighted by atomic mass is 35.5. The van der Waals surface area contributed by atoms with E-state index >= 15 is 0 Å². The Hall–Kier alpha value is -1.99. The molecule has 1 saturated carbocycles. The van der Waals surface area contributed by atoms with E-state index in [-0.39, 0.29) is 24.7 Å². The summed E-state index contributed by atoms with van der Waals surface area (Å²) in [7, 11) is 1.59. The van der Waals surface area contributed by atoms with Crippen LogP contribution in [-0.2, 0) is 4.74 Å². The standard InChI is InChI=1S/C20H23ClF2N2O3/c1-27-10-11-28-17-5-2-14-16(25-17)4-3-15(21)18(14)19(26)24-12-13-6-8-20(22,23)9-7-13/h2-5,13H,6-12H2,1H3,(H,24,26). The third-order valence-electron chi connectivity index (χ3n) is 4.95. The lowest BCUT2D eigenvalue weighted by atomic mass is 9.87. The summed E-state index contributed by atoms with van der Waals surface area (Å²) in [5.41, 5.74) is 0.915. The van der Waals surface area contributed by atoms with Crippen LogP contribution in [0.2, 0.25) is 5.02 Å². The molecule has 3 rings (SSSR count). The van der Waals surface area contributed by atoms with E-state index in [9.17, 15) is 13.6 Å². The molecule has 1 aromatic carbocycles. The highest BCUT2D eigenvalue weighted by Crippen LogP contribution is 2.36. The Morgan fingerprint density at radius 3 is 2.71 bits per heavy atom. The van der Waals surface area contributed by atoms with Crippen LogP contribution in [-0.4, -0.2) is 43.7 Å². The van der Waals surface area contributed by atoms with E-state index in [1.54, 1.807) is 31.4 Å². The van der Waals surface area contributed by atoms with E-state index in [4.69, 9.17) is 21.1 Å². The molecule has 0 spiro atoms. The summed E-state index contributed by atoms with van der Waals surface area (Å²) >= 11 is 6.26. The maximum atomic E-state index is 13.3. The molecule has 0 atom stereocenters. The number of hydrogen-bond donors (Lipinski definition) is 1. The third kappa shape index (κ3) is 5.08. The zero-order valence-corrected chi connectivity index (χ0v) is 16.4. The molecule has 2 aromatic rings. The molecule has 1 aromatic heterocycles. The van der Waals surface area contributed by atoms with Gasteiger partial charge in [-0.2, -0.15) is 0 Å². The van der Waals surface area contributed by atoms with Crippen LogP contribution in [0.15, 0.2) is 24.3 Å². The van der Waals surface area contributed by atoms with Crippen molar-refractivity contribution < 1.29 is 23.0 Å². The number of nitrogens with one attached hydrogen (secondary N) is 1. The number of aromatic nitrogens is 1. The van der Waals surface area contributed by atoms with Gasteiger partial charge in [-0.25, -0.2) is 13.8 Å². The number of carbonyl (C=O) groups is 1. The van der Waals surface area contributed by atoms with Gasteiger partial charge < -0.3 is 14.8 Å². The molecule has 0 saturated heterocycles. The van der Waals surface area contributed by atoms with Crippen molar-refractivity contribution in [3.05, 3.63) is 34.9 Å². The van der Waals surface area contributed by atoms with Crippen molar-refractivity contribution in [2.75, 3.05) is 26.9 Å². The first kappa shape index (κ1) is 20.7. The lowest BCUT2D eigenvalue weighted by molar-refractivity contribution is -0.0452. The normalized spacial score (nSPS) is 16.9. The van der Waals surface area contributed by atoms with Gasteiger partial charge in [-0.1, -0.05) is 11.6 Å². The first-order valence-electron chi connectivity index (χ1n) is 9.26. The monoisotopic (exact) mass is 412 g/mol. The van der Waals surface area contributed by atoms with E-state index in [2.05, 4.69) is 10.3 Å². The number of rotatable bonds is 7. The Labute approximate surface area is 167 Å². The summed E-state index contributed by atoms with van der Waals surface area (Å²) < 4.78 is 37.0. The molecule has 0 aliphatic heterocycles. The zero-order chi connectivity index (χ0) is 20.1. The number of ether oxygens (including phenoxy) is 2. The van der Waals surface area contributed by atoms with Crippen LogP contribution in [0.25, 0.3) is 10.9 Å². The van der Waals surface area contributed by atoms with Crippen molar-refractivity contribution in [2.24, 2.45) is 5.92 Å². The first-order valence-corrected chi connectivity index (χ1v) is 9.64. The van der Waals surface area contributed by atoms with E-state index in [0.29, 0.717) is 60.0 Å². The molecule has 5 nitrogen and oxygen atoms in total. The third-order valence-corrected chi connectivity index (χ3v) is 5.26. The number of methoxy groups -OCH3 is 1. The Kier molecular flexibility index (Phi) is 6.67. The highest BCUT2D eigenvalue weighted by Gasteiger charge is 2.34. The van der Waals surface area contributed by atoms with Crippen LogP contribution in [0.4, 0.5) is 8.78 Å². The van der Waals surface area contributed by atoms with Crippen molar-refractivity contribution in [1.29, 1.82) is 0 Å². The Bertz CT molecular complexity index is 838. The van der Waals surface area contributed by atoms with Gasteiger partial charge in [-0.05, 0) is 37.0 Å². The number of hydrogen-bond acceptors (Lipinski definition) is 4. The summed E-state index contributed by atoms with van der Waals surface area (Å²) in [4.78, 5) is 17.1. The van der Waals surface area contributed by atoms with Crippen LogP contribution in [0.3, 0.4) is 0 Å². The van der Waals surface area contributed by atoms with Gasteiger partial charge in [-0.3, -0.25) is 4.79 Å². The van der Waals surface area contributed by atoms with Crippen LogP contribution >= 0.6 is 11.6 Å². The minimum absolute atomic E-state index is 0.0521.